The van der Waals surface area contributed by atoms with Crippen molar-refractivity contribution >= 4 is 37.7 Å². The van der Waals surface area contributed by atoms with E-state index < -0.39 is 10.0 Å². The molecule has 2 rings (SSSR count). The van der Waals surface area contributed by atoms with E-state index in [-0.39, 0.29) is 0 Å². The van der Waals surface area contributed by atoms with Gasteiger partial charge in [-0.2, -0.15) is 11.8 Å². The maximum absolute atomic E-state index is 12.1. The number of nitrogens with one attached hydrogen (secondary N) is 1. The Kier molecular flexibility index (Phi) is 5.70. The Hall–Kier alpha value is -0.0800. The van der Waals surface area contributed by atoms with Gasteiger partial charge >= 0.3 is 0 Å². The summed E-state index contributed by atoms with van der Waals surface area (Å²) in [4.78, 5) is 2.59. The van der Waals surface area contributed by atoms with Gasteiger partial charge in [0.05, 0.1) is 4.90 Å². The number of sulfonamides is 1. The molecule has 0 spiro atoms. The first kappa shape index (κ1) is 15.3. The molecule has 1 aromatic carbocycles. The molecule has 1 fully saturated rings. The lowest BCUT2D eigenvalue weighted by Crippen LogP contribution is -2.39. The van der Waals surface area contributed by atoms with Crippen molar-refractivity contribution in [2.75, 3.05) is 37.7 Å². The van der Waals surface area contributed by atoms with Gasteiger partial charge in [0, 0.05) is 42.2 Å². The second-order valence-electron chi connectivity index (χ2n) is 4.31. The standard InChI is InChI=1S/C12H17BrN2O2S2/c13-11-2-1-3-12(10-11)19(16,17)14-4-5-15-6-8-18-9-7-15/h1-3,10,14H,4-9H2. The van der Waals surface area contributed by atoms with Crippen molar-refractivity contribution in [2.24, 2.45) is 0 Å². The summed E-state index contributed by atoms with van der Waals surface area (Å²) in [6, 6.07) is 6.75. The van der Waals surface area contributed by atoms with Gasteiger partial charge in [0.25, 0.3) is 0 Å². The summed E-state index contributed by atoms with van der Waals surface area (Å²) >= 11 is 5.23. The van der Waals surface area contributed by atoms with Crippen LogP contribution >= 0.6 is 27.7 Å². The van der Waals surface area contributed by atoms with Crippen LogP contribution in [-0.2, 0) is 10.0 Å². The van der Waals surface area contributed by atoms with Crippen molar-refractivity contribution in [3.8, 4) is 0 Å². The first-order valence-electron chi connectivity index (χ1n) is 6.13. The highest BCUT2D eigenvalue weighted by atomic mass is 79.9. The molecular weight excluding hydrogens is 348 g/mol. The van der Waals surface area contributed by atoms with Crippen molar-refractivity contribution in [3.05, 3.63) is 28.7 Å². The van der Waals surface area contributed by atoms with Gasteiger partial charge in [-0.3, -0.25) is 0 Å². The van der Waals surface area contributed by atoms with Crippen LogP contribution in [0.15, 0.2) is 33.6 Å². The van der Waals surface area contributed by atoms with Gasteiger partial charge in [-0.1, -0.05) is 22.0 Å². The molecule has 1 aromatic rings. The molecule has 0 unspecified atom stereocenters. The van der Waals surface area contributed by atoms with Crippen LogP contribution in [0.25, 0.3) is 0 Å². The zero-order valence-electron chi connectivity index (χ0n) is 10.5. The first-order chi connectivity index (χ1) is 9.08. The monoisotopic (exact) mass is 364 g/mol. The molecule has 1 saturated heterocycles. The molecule has 0 saturated carbocycles. The first-order valence-corrected chi connectivity index (χ1v) is 9.56. The van der Waals surface area contributed by atoms with Crippen molar-refractivity contribution in [2.45, 2.75) is 4.90 Å². The third kappa shape index (κ3) is 4.75. The summed E-state index contributed by atoms with van der Waals surface area (Å²) in [5.74, 6) is 2.27. The topological polar surface area (TPSA) is 49.4 Å². The van der Waals surface area contributed by atoms with E-state index in [1.54, 1.807) is 18.2 Å². The average molecular weight is 365 g/mol. The molecule has 0 bridgehead atoms. The van der Waals surface area contributed by atoms with Gasteiger partial charge in [-0.25, -0.2) is 13.1 Å². The molecule has 106 valence electrons. The minimum atomic E-state index is -3.40. The number of thioether (sulfide) groups is 1. The predicted molar refractivity (Wildman–Crippen MR) is 83.1 cm³/mol. The Balaban J connectivity index is 1.87. The van der Waals surface area contributed by atoms with Crippen LogP contribution in [0.1, 0.15) is 0 Å². The van der Waals surface area contributed by atoms with E-state index in [4.69, 9.17) is 0 Å². The lowest BCUT2D eigenvalue weighted by Gasteiger charge is -2.25. The Morgan fingerprint density at radius 3 is 2.74 bits per heavy atom. The Morgan fingerprint density at radius 1 is 1.32 bits per heavy atom. The zero-order valence-corrected chi connectivity index (χ0v) is 13.7. The molecule has 0 aromatic heterocycles. The lowest BCUT2D eigenvalue weighted by molar-refractivity contribution is 0.307. The molecule has 1 N–H and O–H groups in total. The normalized spacial score (nSPS) is 17.5. The molecule has 1 aliphatic heterocycles. The SMILES string of the molecule is O=S(=O)(NCCN1CCSCC1)c1cccc(Br)c1. The van der Waals surface area contributed by atoms with Crippen LogP contribution in [0.3, 0.4) is 0 Å². The van der Waals surface area contributed by atoms with E-state index >= 15 is 0 Å². The minimum absolute atomic E-state index is 0.302. The van der Waals surface area contributed by atoms with E-state index in [1.165, 1.54) is 0 Å². The fourth-order valence-electron chi connectivity index (χ4n) is 1.88. The number of hydrogen-bond donors (Lipinski definition) is 1. The number of benzene rings is 1. The lowest BCUT2D eigenvalue weighted by atomic mass is 10.4. The van der Waals surface area contributed by atoms with Crippen molar-refractivity contribution in [1.29, 1.82) is 0 Å². The quantitative estimate of drug-likeness (QED) is 0.864. The minimum Gasteiger partial charge on any atom is -0.300 e. The second kappa shape index (κ2) is 7.08. The summed E-state index contributed by atoms with van der Waals surface area (Å²) in [7, 11) is -3.40. The van der Waals surface area contributed by atoms with Crippen LogP contribution in [0.2, 0.25) is 0 Å². The number of hydrogen-bond acceptors (Lipinski definition) is 4. The number of halogens is 1. The molecule has 1 heterocycles. The predicted octanol–water partition coefficient (Wildman–Crippen LogP) is 1.78. The number of nitrogens with zero attached hydrogens (tertiary/aromatic N) is 1. The largest absolute Gasteiger partial charge is 0.300 e. The fraction of sp³-hybridized carbons (Fsp3) is 0.500. The van der Waals surface area contributed by atoms with E-state index in [2.05, 4.69) is 25.6 Å². The molecular formula is C12H17BrN2O2S2. The van der Waals surface area contributed by atoms with Gasteiger partial charge in [0.2, 0.25) is 10.0 Å². The Morgan fingerprint density at radius 2 is 2.05 bits per heavy atom. The van der Waals surface area contributed by atoms with E-state index in [0.717, 1.165) is 35.6 Å². The van der Waals surface area contributed by atoms with Crippen molar-refractivity contribution < 1.29 is 8.42 Å². The van der Waals surface area contributed by atoms with Crippen LogP contribution in [0.4, 0.5) is 0 Å². The molecule has 0 amide bonds. The third-order valence-electron chi connectivity index (χ3n) is 2.93. The molecule has 1 aliphatic rings. The van der Waals surface area contributed by atoms with E-state index in [1.807, 2.05) is 17.8 Å². The van der Waals surface area contributed by atoms with Crippen LogP contribution in [0, 0.1) is 0 Å². The number of rotatable bonds is 5. The molecule has 0 aliphatic carbocycles. The van der Waals surface area contributed by atoms with Crippen LogP contribution in [0.5, 0.6) is 0 Å². The highest BCUT2D eigenvalue weighted by molar-refractivity contribution is 9.10. The molecule has 4 nitrogen and oxygen atoms in total. The highest BCUT2D eigenvalue weighted by Gasteiger charge is 2.15. The third-order valence-corrected chi connectivity index (χ3v) is 5.82. The van der Waals surface area contributed by atoms with Gasteiger partial charge in [-0.15, -0.1) is 0 Å². The summed E-state index contributed by atoms with van der Waals surface area (Å²) < 4.78 is 27.6. The van der Waals surface area contributed by atoms with Crippen molar-refractivity contribution in [1.82, 2.24) is 9.62 Å². The summed E-state index contributed by atoms with van der Waals surface area (Å²) in [6.45, 7) is 3.32. The molecule has 0 radical (unpaired) electrons. The van der Waals surface area contributed by atoms with Crippen molar-refractivity contribution in [3.63, 3.8) is 0 Å². The van der Waals surface area contributed by atoms with E-state index in [9.17, 15) is 8.42 Å². The zero-order chi connectivity index (χ0) is 13.7. The summed E-state index contributed by atoms with van der Waals surface area (Å²) in [5.41, 5.74) is 0. The summed E-state index contributed by atoms with van der Waals surface area (Å²) in [6.07, 6.45) is 0. The molecule has 7 heteroatoms. The fourth-order valence-corrected chi connectivity index (χ4v) is 4.48. The Labute approximate surface area is 127 Å². The van der Waals surface area contributed by atoms with Gasteiger partial charge in [-0.05, 0) is 18.2 Å². The molecule has 0 atom stereocenters. The van der Waals surface area contributed by atoms with Gasteiger partial charge in [0.1, 0.15) is 0 Å². The second-order valence-corrected chi connectivity index (χ2v) is 8.22. The van der Waals surface area contributed by atoms with Crippen LogP contribution < -0.4 is 4.72 Å². The highest BCUT2D eigenvalue weighted by Crippen LogP contribution is 2.15. The maximum atomic E-state index is 12.1. The Bertz CT molecular complexity index is 516. The maximum Gasteiger partial charge on any atom is 0.240 e. The van der Waals surface area contributed by atoms with Gasteiger partial charge < -0.3 is 4.90 Å². The smallest absolute Gasteiger partial charge is 0.240 e. The molecule has 19 heavy (non-hydrogen) atoms. The summed E-state index contributed by atoms with van der Waals surface area (Å²) in [5, 5.41) is 0. The van der Waals surface area contributed by atoms with E-state index in [0.29, 0.717) is 11.4 Å². The average Bonchev–Trinajstić information content (AvgIpc) is 2.40. The van der Waals surface area contributed by atoms with Crippen LogP contribution in [-0.4, -0.2) is 51.0 Å². The van der Waals surface area contributed by atoms with Gasteiger partial charge in [0.15, 0.2) is 0 Å².